The number of phenolic OH excluding ortho intramolecular Hbond substituents is 1. The Morgan fingerprint density at radius 3 is 1.74 bits per heavy atom. The number of unbranched alkanes of at least 4 members (excludes halogenated alkanes) is 6. The molecule has 0 fully saturated rings. The van der Waals surface area contributed by atoms with E-state index in [1.54, 1.807) is 6.07 Å². The second-order valence-corrected chi connectivity index (χ2v) is 8.96. The first-order chi connectivity index (χ1) is 19.2. The average Bonchev–Trinajstić information content (AvgIpc) is 2.95. The Bertz CT molecular complexity index is 726. The minimum Gasteiger partial charge on any atom is -0.504 e. The van der Waals surface area contributed by atoms with Crippen LogP contribution in [0.25, 0.3) is 0 Å². The number of rotatable bonds is 28. The van der Waals surface area contributed by atoms with Gasteiger partial charge in [0, 0.05) is 6.08 Å². The van der Waals surface area contributed by atoms with E-state index in [0.29, 0.717) is 78.4 Å². The van der Waals surface area contributed by atoms with Crippen LogP contribution in [-0.2, 0) is 39.6 Å². The van der Waals surface area contributed by atoms with Crippen molar-refractivity contribution in [3.05, 3.63) is 36.4 Å². The fraction of sp³-hybridized carbons (Fsp3) is 0.700. The SMILES string of the molecule is C=CC(=O)OCCOCCOCCOCCOCCOCCOc1cc(CCCCCCCCC)ccc1O. The third-order valence-electron chi connectivity index (χ3n) is 5.71. The molecule has 0 amide bonds. The van der Waals surface area contributed by atoms with Gasteiger partial charge in [-0.1, -0.05) is 58.1 Å². The smallest absolute Gasteiger partial charge is 0.330 e. The lowest BCUT2D eigenvalue weighted by molar-refractivity contribution is -0.139. The van der Waals surface area contributed by atoms with E-state index in [-0.39, 0.29) is 12.4 Å². The number of hydrogen-bond acceptors (Lipinski definition) is 9. The van der Waals surface area contributed by atoms with Gasteiger partial charge in [-0.25, -0.2) is 4.79 Å². The molecule has 0 atom stereocenters. The van der Waals surface area contributed by atoms with Gasteiger partial charge in [0.15, 0.2) is 11.5 Å². The summed E-state index contributed by atoms with van der Waals surface area (Å²) < 4.78 is 37.6. The molecular formula is C30H50O9. The molecule has 0 heterocycles. The zero-order valence-electron chi connectivity index (χ0n) is 23.9. The minimum atomic E-state index is -0.457. The van der Waals surface area contributed by atoms with Crippen LogP contribution in [0, 0.1) is 0 Å². The third-order valence-corrected chi connectivity index (χ3v) is 5.71. The van der Waals surface area contributed by atoms with Crippen molar-refractivity contribution >= 4 is 5.97 Å². The molecule has 1 N–H and O–H groups in total. The van der Waals surface area contributed by atoms with Crippen LogP contribution in [0.2, 0.25) is 0 Å². The molecule has 0 bridgehead atoms. The quantitative estimate of drug-likeness (QED) is 0.0882. The molecule has 0 aliphatic heterocycles. The summed E-state index contributed by atoms with van der Waals surface area (Å²) in [7, 11) is 0. The Labute approximate surface area is 234 Å². The molecule has 0 saturated carbocycles. The number of esters is 1. The van der Waals surface area contributed by atoms with Crippen molar-refractivity contribution in [2.75, 3.05) is 79.3 Å². The van der Waals surface area contributed by atoms with Crippen molar-refractivity contribution < 1.29 is 43.1 Å². The molecule has 0 aliphatic carbocycles. The Morgan fingerprint density at radius 1 is 0.718 bits per heavy atom. The lowest BCUT2D eigenvalue weighted by Gasteiger charge is -2.11. The first-order valence-corrected chi connectivity index (χ1v) is 14.3. The molecule has 9 heteroatoms. The van der Waals surface area contributed by atoms with Gasteiger partial charge in [0.1, 0.15) is 13.2 Å². The van der Waals surface area contributed by atoms with Crippen molar-refractivity contribution in [1.29, 1.82) is 0 Å². The summed E-state index contributed by atoms with van der Waals surface area (Å²) in [6.45, 7) is 10.6. The van der Waals surface area contributed by atoms with E-state index in [0.717, 1.165) is 18.9 Å². The largest absolute Gasteiger partial charge is 0.504 e. The number of carbonyl (C=O) groups is 1. The van der Waals surface area contributed by atoms with E-state index >= 15 is 0 Å². The van der Waals surface area contributed by atoms with Gasteiger partial charge in [-0.15, -0.1) is 0 Å². The number of carbonyl (C=O) groups excluding carboxylic acids is 1. The van der Waals surface area contributed by atoms with Gasteiger partial charge in [-0.2, -0.15) is 0 Å². The molecule has 0 aromatic heterocycles. The van der Waals surface area contributed by atoms with Gasteiger partial charge in [0.2, 0.25) is 0 Å². The topological polar surface area (TPSA) is 102 Å². The van der Waals surface area contributed by atoms with E-state index in [1.807, 2.05) is 12.1 Å². The van der Waals surface area contributed by atoms with Gasteiger partial charge in [-0.3, -0.25) is 0 Å². The van der Waals surface area contributed by atoms with E-state index in [9.17, 15) is 9.90 Å². The van der Waals surface area contributed by atoms with Gasteiger partial charge >= 0.3 is 5.97 Å². The monoisotopic (exact) mass is 554 g/mol. The van der Waals surface area contributed by atoms with Gasteiger partial charge in [-0.05, 0) is 30.5 Å². The van der Waals surface area contributed by atoms with Crippen LogP contribution >= 0.6 is 0 Å². The maximum atomic E-state index is 10.8. The fourth-order valence-corrected chi connectivity index (χ4v) is 3.57. The number of benzene rings is 1. The summed E-state index contributed by atoms with van der Waals surface area (Å²) in [5.74, 6) is 0.209. The lowest BCUT2D eigenvalue weighted by Crippen LogP contribution is -2.15. The molecule has 0 spiro atoms. The molecule has 0 saturated heterocycles. The Morgan fingerprint density at radius 2 is 1.21 bits per heavy atom. The maximum absolute atomic E-state index is 10.8. The zero-order valence-corrected chi connectivity index (χ0v) is 23.9. The van der Waals surface area contributed by atoms with Crippen LogP contribution in [0.15, 0.2) is 30.9 Å². The third kappa shape index (κ3) is 21.3. The number of hydrogen-bond donors (Lipinski definition) is 1. The molecule has 1 aromatic carbocycles. The first kappa shape index (κ1) is 34.9. The molecule has 1 rings (SSSR count). The summed E-state index contributed by atoms with van der Waals surface area (Å²) >= 11 is 0. The highest BCUT2D eigenvalue weighted by molar-refractivity contribution is 5.81. The molecular weight excluding hydrogens is 504 g/mol. The number of aromatic hydroxyl groups is 1. The van der Waals surface area contributed by atoms with Crippen molar-refractivity contribution in [2.45, 2.75) is 58.3 Å². The first-order valence-electron chi connectivity index (χ1n) is 14.3. The summed E-state index contributed by atoms with van der Waals surface area (Å²) in [6, 6.07) is 5.61. The van der Waals surface area contributed by atoms with Crippen LogP contribution in [0.4, 0.5) is 0 Å². The Hall–Kier alpha value is -2.17. The van der Waals surface area contributed by atoms with Crippen LogP contribution in [0.5, 0.6) is 11.5 Å². The fourth-order valence-electron chi connectivity index (χ4n) is 3.57. The predicted octanol–water partition coefficient (Wildman–Crippen LogP) is 4.88. The summed E-state index contributed by atoms with van der Waals surface area (Å²) in [5.41, 5.74) is 1.19. The zero-order chi connectivity index (χ0) is 28.2. The number of phenols is 1. The molecule has 0 radical (unpaired) electrons. The molecule has 0 aliphatic rings. The molecule has 224 valence electrons. The Balaban J connectivity index is 1.89. The van der Waals surface area contributed by atoms with Crippen molar-refractivity contribution in [1.82, 2.24) is 0 Å². The van der Waals surface area contributed by atoms with Crippen LogP contribution < -0.4 is 4.74 Å². The van der Waals surface area contributed by atoms with Crippen molar-refractivity contribution in [3.8, 4) is 11.5 Å². The minimum absolute atomic E-state index is 0.157. The number of aryl methyl sites for hydroxylation is 1. The summed E-state index contributed by atoms with van der Waals surface area (Å²) in [4.78, 5) is 10.8. The van der Waals surface area contributed by atoms with Crippen molar-refractivity contribution in [2.24, 2.45) is 0 Å². The molecule has 39 heavy (non-hydrogen) atoms. The maximum Gasteiger partial charge on any atom is 0.330 e. The van der Waals surface area contributed by atoms with Crippen LogP contribution in [-0.4, -0.2) is 90.4 Å². The average molecular weight is 555 g/mol. The number of ether oxygens (including phenoxy) is 7. The van der Waals surface area contributed by atoms with E-state index < -0.39 is 5.97 Å². The predicted molar refractivity (Wildman–Crippen MR) is 151 cm³/mol. The van der Waals surface area contributed by atoms with Gasteiger partial charge in [0.05, 0.1) is 66.1 Å². The lowest BCUT2D eigenvalue weighted by atomic mass is 10.0. The summed E-state index contributed by atoms with van der Waals surface area (Å²) in [6.07, 6.45) is 11.1. The normalized spacial score (nSPS) is 11.0. The van der Waals surface area contributed by atoms with Gasteiger partial charge in [0.25, 0.3) is 0 Å². The highest BCUT2D eigenvalue weighted by atomic mass is 16.6. The van der Waals surface area contributed by atoms with Crippen LogP contribution in [0.3, 0.4) is 0 Å². The van der Waals surface area contributed by atoms with E-state index in [1.165, 1.54) is 44.1 Å². The van der Waals surface area contributed by atoms with Crippen molar-refractivity contribution in [3.63, 3.8) is 0 Å². The highest BCUT2D eigenvalue weighted by Crippen LogP contribution is 2.27. The van der Waals surface area contributed by atoms with E-state index in [4.69, 9.17) is 33.2 Å². The van der Waals surface area contributed by atoms with Gasteiger partial charge < -0.3 is 38.3 Å². The molecule has 1 aromatic rings. The molecule has 0 unspecified atom stereocenters. The second-order valence-electron chi connectivity index (χ2n) is 8.96. The molecule has 9 nitrogen and oxygen atoms in total. The second kappa shape index (κ2) is 26.1. The van der Waals surface area contributed by atoms with E-state index in [2.05, 4.69) is 13.5 Å². The summed E-state index contributed by atoms with van der Waals surface area (Å²) in [5, 5.41) is 10.1. The Kier molecular flexibility index (Phi) is 23.3. The highest BCUT2D eigenvalue weighted by Gasteiger charge is 2.05. The van der Waals surface area contributed by atoms with Crippen LogP contribution in [0.1, 0.15) is 57.4 Å². The standard InChI is InChI=1S/C30H50O9/c1-3-5-6-7-8-9-10-11-27-12-13-28(31)29(26-27)38-24-22-36-20-18-34-16-14-33-15-17-35-19-21-37-23-25-39-30(32)4-2/h4,12-13,26,31H,2-3,5-11,14-25H2,1H3.